The number of nitrogens with two attached hydrogens (primary N) is 1. The first-order chi connectivity index (χ1) is 9.93. The Morgan fingerprint density at radius 2 is 2.10 bits per heavy atom. The third kappa shape index (κ3) is 2.78. The van der Waals surface area contributed by atoms with Gasteiger partial charge in [0, 0.05) is 11.8 Å². The first kappa shape index (κ1) is 14.4. The fraction of sp³-hybridized carbons (Fsp3) is 0.154. The lowest BCUT2D eigenvalue weighted by atomic mass is 10.2. The van der Waals surface area contributed by atoms with Gasteiger partial charge in [0.15, 0.2) is 5.69 Å². The van der Waals surface area contributed by atoms with Gasteiger partial charge in [-0.2, -0.15) is 0 Å². The molecule has 0 spiro atoms. The molecular formula is C13H14N4O4. The molecule has 8 nitrogen and oxygen atoms in total. The van der Waals surface area contributed by atoms with Crippen molar-refractivity contribution in [3.63, 3.8) is 0 Å². The number of rotatable bonds is 4. The summed E-state index contributed by atoms with van der Waals surface area (Å²) in [4.78, 5) is 22.3. The average Bonchev–Trinajstić information content (AvgIpc) is 2.81. The van der Waals surface area contributed by atoms with Crippen molar-refractivity contribution in [1.82, 2.24) is 4.57 Å². The first-order valence-electron chi connectivity index (χ1n) is 5.99. The summed E-state index contributed by atoms with van der Waals surface area (Å²) in [5.74, 6) is -0.118. The minimum atomic E-state index is -0.553. The summed E-state index contributed by atoms with van der Waals surface area (Å²) in [6.07, 6.45) is 0. The van der Waals surface area contributed by atoms with Gasteiger partial charge in [-0.25, -0.2) is 4.57 Å². The van der Waals surface area contributed by atoms with Crippen molar-refractivity contribution in [3.8, 4) is 5.75 Å². The highest BCUT2D eigenvalue weighted by Gasteiger charge is 2.20. The minimum Gasteiger partial charge on any atom is -0.495 e. The molecule has 0 radical (unpaired) electrons. The van der Waals surface area contributed by atoms with Gasteiger partial charge in [0.25, 0.3) is 5.91 Å². The highest BCUT2D eigenvalue weighted by atomic mass is 16.6. The van der Waals surface area contributed by atoms with E-state index in [-0.39, 0.29) is 11.5 Å². The SMILES string of the molecule is COc1ccc(NC(=O)c2ccc([N+](=O)[O-])n2C)cc1N. The number of methoxy groups -OCH3 is 1. The summed E-state index contributed by atoms with van der Waals surface area (Å²) in [5.41, 5.74) is 6.78. The molecule has 8 heteroatoms. The van der Waals surface area contributed by atoms with Crippen LogP contribution >= 0.6 is 0 Å². The molecule has 0 saturated carbocycles. The van der Waals surface area contributed by atoms with Gasteiger partial charge >= 0.3 is 5.82 Å². The monoisotopic (exact) mass is 290 g/mol. The highest BCUT2D eigenvalue weighted by Crippen LogP contribution is 2.25. The second kappa shape index (κ2) is 5.53. The second-order valence-electron chi connectivity index (χ2n) is 4.30. The van der Waals surface area contributed by atoms with Gasteiger partial charge in [-0.05, 0) is 29.2 Å². The zero-order valence-corrected chi connectivity index (χ0v) is 11.5. The van der Waals surface area contributed by atoms with Crippen molar-refractivity contribution < 1.29 is 14.5 Å². The van der Waals surface area contributed by atoms with Gasteiger partial charge in [0.1, 0.15) is 5.75 Å². The Morgan fingerprint density at radius 1 is 1.38 bits per heavy atom. The lowest BCUT2D eigenvalue weighted by Gasteiger charge is -2.08. The molecule has 2 rings (SSSR count). The van der Waals surface area contributed by atoms with Gasteiger partial charge in [-0.1, -0.05) is 0 Å². The molecule has 1 amide bonds. The van der Waals surface area contributed by atoms with E-state index in [4.69, 9.17) is 10.5 Å². The Hall–Kier alpha value is -3.03. The van der Waals surface area contributed by atoms with Crippen LogP contribution in [-0.2, 0) is 7.05 Å². The topological polar surface area (TPSA) is 112 Å². The van der Waals surface area contributed by atoms with Gasteiger partial charge in [-0.15, -0.1) is 0 Å². The van der Waals surface area contributed by atoms with Gasteiger partial charge < -0.3 is 25.9 Å². The van der Waals surface area contributed by atoms with Crippen LogP contribution < -0.4 is 15.8 Å². The number of amides is 1. The van der Waals surface area contributed by atoms with E-state index in [1.54, 1.807) is 18.2 Å². The molecule has 0 saturated heterocycles. The van der Waals surface area contributed by atoms with Gasteiger partial charge in [0.05, 0.1) is 19.8 Å². The van der Waals surface area contributed by atoms with E-state index in [0.717, 1.165) is 0 Å². The summed E-state index contributed by atoms with van der Waals surface area (Å²) in [5, 5.41) is 13.4. The lowest BCUT2D eigenvalue weighted by molar-refractivity contribution is -0.391. The molecule has 0 unspecified atom stereocenters. The Bertz CT molecular complexity index is 708. The van der Waals surface area contributed by atoms with Gasteiger partial charge in [0.2, 0.25) is 0 Å². The van der Waals surface area contributed by atoms with E-state index in [1.807, 2.05) is 0 Å². The van der Waals surface area contributed by atoms with E-state index in [2.05, 4.69) is 5.32 Å². The maximum atomic E-state index is 12.1. The third-order valence-electron chi connectivity index (χ3n) is 3.00. The Labute approximate surface area is 120 Å². The molecule has 1 aromatic heterocycles. The summed E-state index contributed by atoms with van der Waals surface area (Å²) in [6, 6.07) is 7.47. The molecular weight excluding hydrogens is 276 g/mol. The largest absolute Gasteiger partial charge is 0.495 e. The average molecular weight is 290 g/mol. The highest BCUT2D eigenvalue weighted by molar-refractivity contribution is 6.03. The molecule has 0 aliphatic carbocycles. The number of nitro groups is 1. The molecule has 0 fully saturated rings. The van der Waals surface area contributed by atoms with Crippen molar-refractivity contribution in [2.75, 3.05) is 18.2 Å². The minimum absolute atomic E-state index is 0.158. The molecule has 21 heavy (non-hydrogen) atoms. The van der Waals surface area contributed by atoms with Crippen LogP contribution in [0.5, 0.6) is 5.75 Å². The number of ether oxygens (including phenoxy) is 1. The Morgan fingerprint density at radius 3 is 2.62 bits per heavy atom. The second-order valence-corrected chi connectivity index (χ2v) is 4.30. The van der Waals surface area contributed by atoms with Gasteiger partial charge in [-0.3, -0.25) is 4.79 Å². The van der Waals surface area contributed by atoms with Crippen LogP contribution in [-0.4, -0.2) is 22.5 Å². The van der Waals surface area contributed by atoms with E-state index in [9.17, 15) is 14.9 Å². The van der Waals surface area contributed by atoms with Crippen molar-refractivity contribution in [3.05, 3.63) is 46.1 Å². The number of benzene rings is 1. The number of nitrogens with zero attached hydrogens (tertiary/aromatic N) is 2. The fourth-order valence-corrected chi connectivity index (χ4v) is 1.92. The van der Waals surface area contributed by atoms with E-state index < -0.39 is 10.8 Å². The van der Waals surface area contributed by atoms with Crippen molar-refractivity contribution in [2.45, 2.75) is 0 Å². The van der Waals surface area contributed by atoms with Crippen LogP contribution in [0.4, 0.5) is 17.2 Å². The summed E-state index contributed by atoms with van der Waals surface area (Å²) in [7, 11) is 2.95. The number of carbonyl (C=O) groups is 1. The molecule has 2 aromatic rings. The van der Waals surface area contributed by atoms with Crippen molar-refractivity contribution in [1.29, 1.82) is 0 Å². The molecule has 110 valence electrons. The third-order valence-corrected chi connectivity index (χ3v) is 3.00. The van der Waals surface area contributed by atoms with Crippen molar-refractivity contribution >= 4 is 23.1 Å². The number of anilines is 2. The number of hydrogen-bond donors (Lipinski definition) is 2. The number of hydrogen-bond acceptors (Lipinski definition) is 5. The quantitative estimate of drug-likeness (QED) is 0.506. The Balaban J connectivity index is 2.22. The van der Waals surface area contributed by atoms with E-state index in [0.29, 0.717) is 17.1 Å². The van der Waals surface area contributed by atoms with Crippen LogP contribution in [0.1, 0.15) is 10.5 Å². The summed E-state index contributed by atoms with van der Waals surface area (Å²) in [6.45, 7) is 0. The lowest BCUT2D eigenvalue weighted by Crippen LogP contribution is -2.16. The molecule has 0 aliphatic rings. The van der Waals surface area contributed by atoms with Crippen LogP contribution in [0.25, 0.3) is 0 Å². The fourth-order valence-electron chi connectivity index (χ4n) is 1.92. The Kier molecular flexibility index (Phi) is 3.79. The first-order valence-corrected chi connectivity index (χ1v) is 5.99. The normalized spacial score (nSPS) is 10.2. The standard InChI is InChI=1S/C13H14N4O4/c1-16-10(4-6-12(16)17(19)20)13(18)15-8-3-5-11(21-2)9(14)7-8/h3-7H,14H2,1-2H3,(H,15,18). The van der Waals surface area contributed by atoms with Crippen LogP contribution in [0.15, 0.2) is 30.3 Å². The zero-order valence-electron chi connectivity index (χ0n) is 11.5. The molecule has 1 aromatic carbocycles. The number of carbonyl (C=O) groups excluding carboxylic acids is 1. The molecule has 0 atom stereocenters. The van der Waals surface area contributed by atoms with Crippen LogP contribution in [0.2, 0.25) is 0 Å². The molecule has 3 N–H and O–H groups in total. The smallest absolute Gasteiger partial charge is 0.323 e. The molecule has 0 aliphatic heterocycles. The maximum absolute atomic E-state index is 12.1. The van der Waals surface area contributed by atoms with Crippen LogP contribution in [0, 0.1) is 10.1 Å². The van der Waals surface area contributed by atoms with Crippen LogP contribution in [0.3, 0.4) is 0 Å². The predicted octanol–water partition coefficient (Wildman–Crippen LogP) is 1.78. The number of aromatic nitrogens is 1. The number of nitrogen functional groups attached to an aromatic ring is 1. The van der Waals surface area contributed by atoms with Crippen molar-refractivity contribution in [2.24, 2.45) is 7.05 Å². The maximum Gasteiger partial charge on any atom is 0.323 e. The summed E-state index contributed by atoms with van der Waals surface area (Å²) >= 11 is 0. The summed E-state index contributed by atoms with van der Waals surface area (Å²) < 4.78 is 6.23. The van der Waals surface area contributed by atoms with E-state index in [1.165, 1.54) is 30.9 Å². The predicted molar refractivity (Wildman–Crippen MR) is 77.4 cm³/mol. The molecule has 1 heterocycles. The number of nitrogens with one attached hydrogen (secondary N) is 1. The molecule has 0 bridgehead atoms. The zero-order chi connectivity index (χ0) is 15.6. The van der Waals surface area contributed by atoms with E-state index >= 15 is 0 Å².